The molecule has 3 aromatic rings. The lowest BCUT2D eigenvalue weighted by Gasteiger charge is -2.22. The van der Waals surface area contributed by atoms with Crippen LogP contribution in [0.25, 0.3) is 10.9 Å². The molecule has 0 N–H and O–H groups in total. The summed E-state index contributed by atoms with van der Waals surface area (Å²) < 4.78 is 19.3. The third-order valence-electron chi connectivity index (χ3n) is 4.93. The average Bonchev–Trinajstić information content (AvgIpc) is 2.75. The Labute approximate surface area is 208 Å². The van der Waals surface area contributed by atoms with Crippen molar-refractivity contribution in [2.24, 2.45) is 10.5 Å². The van der Waals surface area contributed by atoms with Crippen LogP contribution in [0.3, 0.4) is 0 Å². The van der Waals surface area contributed by atoms with Crippen LogP contribution >= 0.6 is 15.9 Å². The van der Waals surface area contributed by atoms with E-state index in [0.29, 0.717) is 46.1 Å². The molecule has 0 fully saturated rings. The molecule has 0 aliphatic heterocycles. The summed E-state index contributed by atoms with van der Waals surface area (Å²) in [7, 11) is 3.15. The van der Waals surface area contributed by atoms with Crippen LogP contribution in [0.5, 0.6) is 17.2 Å². The molecule has 1 heterocycles. The number of nitrogens with zero attached hydrogens (tertiary/aromatic N) is 3. The standard InChI is InChI=1S/C26H32BrN3O4/c1-25(2,3)15-34-22-20(32-7)11-16(12-21(22)33-8)14-28-30-23(31)18-13-17(27)9-10-19(18)29-24(30)26(4,5)6/h9-14H,15H2,1-8H3. The lowest BCUT2D eigenvalue weighted by molar-refractivity contribution is 0.184. The average molecular weight is 530 g/mol. The molecule has 182 valence electrons. The van der Waals surface area contributed by atoms with Crippen molar-refractivity contribution in [1.29, 1.82) is 0 Å². The molecule has 2 aromatic carbocycles. The predicted molar refractivity (Wildman–Crippen MR) is 140 cm³/mol. The van der Waals surface area contributed by atoms with Crippen molar-refractivity contribution in [3.63, 3.8) is 0 Å². The van der Waals surface area contributed by atoms with E-state index in [1.807, 2.05) is 32.9 Å². The summed E-state index contributed by atoms with van der Waals surface area (Å²) in [5, 5.41) is 5.02. The van der Waals surface area contributed by atoms with E-state index in [2.05, 4.69) is 41.8 Å². The van der Waals surface area contributed by atoms with Gasteiger partial charge in [-0.15, -0.1) is 0 Å². The monoisotopic (exact) mass is 529 g/mol. The van der Waals surface area contributed by atoms with Crippen LogP contribution in [-0.2, 0) is 5.41 Å². The molecule has 34 heavy (non-hydrogen) atoms. The maximum Gasteiger partial charge on any atom is 0.282 e. The van der Waals surface area contributed by atoms with Crippen LogP contribution in [0.2, 0.25) is 0 Å². The minimum absolute atomic E-state index is 0.0290. The van der Waals surface area contributed by atoms with Crippen molar-refractivity contribution in [3.8, 4) is 17.2 Å². The summed E-state index contributed by atoms with van der Waals surface area (Å²) in [6.45, 7) is 12.8. The number of hydrogen-bond acceptors (Lipinski definition) is 6. The Balaban J connectivity index is 2.12. The molecule has 3 rings (SSSR count). The van der Waals surface area contributed by atoms with Crippen LogP contribution in [0.15, 0.2) is 44.7 Å². The first kappa shape index (κ1) is 25.7. The zero-order chi connectivity index (χ0) is 25.3. The fraction of sp³-hybridized carbons (Fsp3) is 0.423. The van der Waals surface area contributed by atoms with E-state index in [0.717, 1.165) is 4.47 Å². The van der Waals surface area contributed by atoms with Crippen LogP contribution in [-0.4, -0.2) is 36.7 Å². The largest absolute Gasteiger partial charge is 0.493 e. The van der Waals surface area contributed by atoms with Gasteiger partial charge < -0.3 is 14.2 Å². The summed E-state index contributed by atoms with van der Waals surface area (Å²) in [6, 6.07) is 9.07. The van der Waals surface area contributed by atoms with Gasteiger partial charge in [0.15, 0.2) is 11.5 Å². The Morgan fingerprint density at radius 1 is 1.03 bits per heavy atom. The van der Waals surface area contributed by atoms with E-state index < -0.39 is 5.41 Å². The Morgan fingerprint density at radius 2 is 1.65 bits per heavy atom. The van der Waals surface area contributed by atoms with E-state index in [4.69, 9.17) is 19.2 Å². The molecule has 0 saturated carbocycles. The van der Waals surface area contributed by atoms with Crippen molar-refractivity contribution in [1.82, 2.24) is 9.66 Å². The fourth-order valence-electron chi connectivity index (χ4n) is 3.27. The second kappa shape index (κ2) is 9.78. The maximum atomic E-state index is 13.4. The number of methoxy groups -OCH3 is 2. The zero-order valence-electron chi connectivity index (χ0n) is 21.0. The molecule has 0 saturated heterocycles. The topological polar surface area (TPSA) is 74.9 Å². The van der Waals surface area contributed by atoms with Crippen molar-refractivity contribution in [2.45, 2.75) is 47.0 Å². The molecule has 0 radical (unpaired) electrons. The number of benzene rings is 2. The van der Waals surface area contributed by atoms with Gasteiger partial charge in [-0.2, -0.15) is 9.78 Å². The van der Waals surface area contributed by atoms with Gasteiger partial charge in [0.1, 0.15) is 5.82 Å². The van der Waals surface area contributed by atoms with Crippen molar-refractivity contribution < 1.29 is 14.2 Å². The first-order valence-corrected chi connectivity index (χ1v) is 11.8. The van der Waals surface area contributed by atoms with Gasteiger partial charge >= 0.3 is 0 Å². The molecule has 0 atom stereocenters. The first-order chi connectivity index (χ1) is 15.8. The van der Waals surface area contributed by atoms with Crippen molar-refractivity contribution >= 4 is 33.0 Å². The van der Waals surface area contributed by atoms with E-state index in [1.54, 1.807) is 38.6 Å². The molecular weight excluding hydrogens is 498 g/mol. The molecular formula is C26H32BrN3O4. The SMILES string of the molecule is COc1cc(C=Nn2c(C(C)(C)C)nc3ccc(Br)cc3c2=O)cc(OC)c1OCC(C)(C)C. The van der Waals surface area contributed by atoms with Gasteiger partial charge in [-0.05, 0) is 35.7 Å². The van der Waals surface area contributed by atoms with E-state index in [1.165, 1.54) is 4.68 Å². The minimum atomic E-state index is -0.405. The van der Waals surface area contributed by atoms with Gasteiger partial charge in [0, 0.05) is 15.5 Å². The molecule has 0 unspecified atom stereocenters. The molecule has 7 nitrogen and oxygen atoms in total. The molecule has 8 heteroatoms. The summed E-state index contributed by atoms with van der Waals surface area (Å²) in [6.07, 6.45) is 1.60. The number of fused-ring (bicyclic) bond motifs is 1. The highest BCUT2D eigenvalue weighted by atomic mass is 79.9. The van der Waals surface area contributed by atoms with Gasteiger partial charge in [-0.1, -0.05) is 57.5 Å². The fourth-order valence-corrected chi connectivity index (χ4v) is 3.63. The second-order valence-electron chi connectivity index (χ2n) is 10.3. The zero-order valence-corrected chi connectivity index (χ0v) is 22.6. The minimum Gasteiger partial charge on any atom is -0.493 e. The van der Waals surface area contributed by atoms with Crippen LogP contribution in [0.1, 0.15) is 52.9 Å². The van der Waals surface area contributed by atoms with Crippen molar-refractivity contribution in [3.05, 3.63) is 56.5 Å². The first-order valence-electron chi connectivity index (χ1n) is 11.0. The van der Waals surface area contributed by atoms with E-state index in [-0.39, 0.29) is 11.0 Å². The van der Waals surface area contributed by atoms with E-state index in [9.17, 15) is 4.79 Å². The van der Waals surface area contributed by atoms with Gasteiger partial charge in [-0.25, -0.2) is 4.98 Å². The maximum absolute atomic E-state index is 13.4. The summed E-state index contributed by atoms with van der Waals surface area (Å²) >= 11 is 3.43. The lowest BCUT2D eigenvalue weighted by atomic mass is 9.95. The third kappa shape index (κ3) is 5.78. The molecule has 0 bridgehead atoms. The molecule has 0 aliphatic carbocycles. The second-order valence-corrected chi connectivity index (χ2v) is 11.2. The molecule has 0 amide bonds. The van der Waals surface area contributed by atoms with Crippen molar-refractivity contribution in [2.75, 3.05) is 20.8 Å². The third-order valence-corrected chi connectivity index (χ3v) is 5.43. The normalized spacial score (nSPS) is 12.4. The summed E-state index contributed by atoms with van der Waals surface area (Å²) in [4.78, 5) is 18.1. The quantitative estimate of drug-likeness (QED) is 0.378. The lowest BCUT2D eigenvalue weighted by Crippen LogP contribution is -2.29. The number of rotatable bonds is 6. The Morgan fingerprint density at radius 3 is 2.18 bits per heavy atom. The van der Waals surface area contributed by atoms with Crippen LogP contribution < -0.4 is 19.8 Å². The molecule has 0 aliphatic rings. The highest BCUT2D eigenvalue weighted by Gasteiger charge is 2.23. The number of aromatic nitrogens is 2. The highest BCUT2D eigenvalue weighted by molar-refractivity contribution is 9.10. The van der Waals surface area contributed by atoms with Crippen LogP contribution in [0, 0.1) is 5.41 Å². The van der Waals surface area contributed by atoms with Gasteiger partial charge in [0.05, 0.1) is 37.9 Å². The van der Waals surface area contributed by atoms with E-state index >= 15 is 0 Å². The number of hydrogen-bond donors (Lipinski definition) is 0. The molecule has 1 aromatic heterocycles. The smallest absolute Gasteiger partial charge is 0.282 e. The van der Waals surface area contributed by atoms with Gasteiger partial charge in [0.25, 0.3) is 5.56 Å². The van der Waals surface area contributed by atoms with Gasteiger partial charge in [-0.3, -0.25) is 4.79 Å². The summed E-state index contributed by atoms with van der Waals surface area (Å²) in [5.74, 6) is 2.14. The van der Waals surface area contributed by atoms with Crippen LogP contribution in [0.4, 0.5) is 0 Å². The van der Waals surface area contributed by atoms with Gasteiger partial charge in [0.2, 0.25) is 5.75 Å². The Hall–Kier alpha value is -2.87. The Bertz CT molecular complexity index is 1260. The predicted octanol–water partition coefficient (Wildman–Crippen LogP) is 5.78. The number of halogens is 1. The summed E-state index contributed by atoms with van der Waals surface area (Å²) in [5.41, 5.74) is 0.652. The Kier molecular flexibility index (Phi) is 7.41. The number of ether oxygens (including phenoxy) is 3. The molecule has 0 spiro atoms. The highest BCUT2D eigenvalue weighted by Crippen LogP contribution is 2.39.